The van der Waals surface area contributed by atoms with Crippen molar-refractivity contribution in [3.05, 3.63) is 24.5 Å². The maximum atomic E-state index is 11.9. The van der Waals surface area contributed by atoms with Crippen molar-refractivity contribution in [2.45, 2.75) is 43.5 Å². The smallest absolute Gasteiger partial charge is 0.242 e. The van der Waals surface area contributed by atoms with Crippen LogP contribution in [0.4, 0.5) is 0 Å². The number of hydrogen-bond acceptors (Lipinski definition) is 5. The lowest BCUT2D eigenvalue weighted by Crippen LogP contribution is -2.49. The molecule has 4 N–H and O–H groups in total. The number of nitrogens with zero attached hydrogens (tertiary/aromatic N) is 1. The van der Waals surface area contributed by atoms with Crippen LogP contribution in [-0.4, -0.2) is 37.9 Å². The fourth-order valence-corrected chi connectivity index (χ4v) is 2.75. The molecular weight excluding hydrogens is 375 g/mol. The Hall–Kier alpha value is -0.930. The average molecular weight is 401 g/mol. The Morgan fingerprint density at radius 2 is 1.92 bits per heavy atom. The molecule has 0 unspecified atom stereocenters. The molecule has 0 saturated carbocycles. The standard InChI is InChI=1S/C14H24N4O3S.2ClH/c1-3-14(15,4-2)11-17-13(19)7-9-18-22(20,21)12-6-5-8-16-10-12;;/h5-6,8,10,18H,3-4,7,9,11,15H2,1-2H3,(H,17,19);2*1H. The highest BCUT2D eigenvalue weighted by Gasteiger charge is 2.21. The van der Waals surface area contributed by atoms with Crippen molar-refractivity contribution < 1.29 is 13.2 Å². The van der Waals surface area contributed by atoms with Crippen molar-refractivity contribution in [1.82, 2.24) is 15.0 Å². The summed E-state index contributed by atoms with van der Waals surface area (Å²) in [5, 5.41) is 2.74. The van der Waals surface area contributed by atoms with Gasteiger partial charge in [0.2, 0.25) is 15.9 Å². The number of pyridine rings is 1. The molecule has 24 heavy (non-hydrogen) atoms. The molecule has 0 bridgehead atoms. The monoisotopic (exact) mass is 400 g/mol. The number of halogens is 2. The zero-order valence-electron chi connectivity index (χ0n) is 13.8. The molecule has 140 valence electrons. The average Bonchev–Trinajstić information content (AvgIpc) is 2.53. The molecule has 0 atom stereocenters. The minimum absolute atomic E-state index is 0. The van der Waals surface area contributed by atoms with Gasteiger partial charge in [-0.25, -0.2) is 13.1 Å². The zero-order valence-corrected chi connectivity index (χ0v) is 16.3. The summed E-state index contributed by atoms with van der Waals surface area (Å²) in [4.78, 5) is 15.6. The van der Waals surface area contributed by atoms with Crippen LogP contribution in [0.1, 0.15) is 33.1 Å². The summed E-state index contributed by atoms with van der Waals surface area (Å²) < 4.78 is 26.2. The number of hydrogen-bond donors (Lipinski definition) is 3. The van der Waals surface area contributed by atoms with E-state index in [0.29, 0.717) is 6.54 Å². The normalized spacial score (nSPS) is 11.1. The van der Waals surface area contributed by atoms with Gasteiger partial charge in [-0.3, -0.25) is 9.78 Å². The third-order valence-corrected chi connectivity index (χ3v) is 5.08. The first-order valence-electron chi connectivity index (χ1n) is 7.28. The van der Waals surface area contributed by atoms with Crippen LogP contribution >= 0.6 is 24.8 Å². The minimum Gasteiger partial charge on any atom is -0.354 e. The fraction of sp³-hybridized carbons (Fsp3) is 0.571. The van der Waals surface area contributed by atoms with Crippen molar-refractivity contribution in [1.29, 1.82) is 0 Å². The number of carbonyl (C=O) groups excluding carboxylic acids is 1. The number of aromatic nitrogens is 1. The summed E-state index contributed by atoms with van der Waals surface area (Å²) in [6.07, 6.45) is 4.33. The van der Waals surface area contributed by atoms with E-state index in [1.165, 1.54) is 24.5 Å². The Balaban J connectivity index is 0. The van der Waals surface area contributed by atoms with Gasteiger partial charge in [-0.2, -0.15) is 0 Å². The number of nitrogens with one attached hydrogen (secondary N) is 2. The van der Waals surface area contributed by atoms with Gasteiger partial charge in [0, 0.05) is 37.4 Å². The van der Waals surface area contributed by atoms with E-state index < -0.39 is 15.6 Å². The second-order valence-electron chi connectivity index (χ2n) is 5.18. The molecular formula is C14H26Cl2N4O3S. The molecule has 0 aliphatic heterocycles. The summed E-state index contributed by atoms with van der Waals surface area (Å²) in [5.74, 6) is -0.231. The topological polar surface area (TPSA) is 114 Å². The molecule has 1 amide bonds. The minimum atomic E-state index is -3.63. The highest BCUT2D eigenvalue weighted by Crippen LogP contribution is 2.09. The maximum absolute atomic E-state index is 11.9. The Morgan fingerprint density at radius 3 is 2.42 bits per heavy atom. The maximum Gasteiger partial charge on any atom is 0.242 e. The van der Waals surface area contributed by atoms with Crippen LogP contribution in [0, 0.1) is 0 Å². The molecule has 1 aromatic heterocycles. The molecule has 7 nitrogen and oxygen atoms in total. The Bertz CT molecular complexity index is 581. The first-order valence-corrected chi connectivity index (χ1v) is 8.76. The molecule has 1 rings (SSSR count). The van der Waals surface area contributed by atoms with Gasteiger partial charge >= 0.3 is 0 Å². The van der Waals surface area contributed by atoms with Crippen molar-refractivity contribution >= 4 is 40.7 Å². The predicted octanol–water partition coefficient (Wildman–Crippen LogP) is 1.23. The van der Waals surface area contributed by atoms with Crippen LogP contribution in [0.25, 0.3) is 0 Å². The SMILES string of the molecule is CCC(N)(CC)CNC(=O)CCNS(=O)(=O)c1cccnc1.Cl.Cl. The van der Waals surface area contributed by atoms with E-state index in [9.17, 15) is 13.2 Å². The molecule has 0 aliphatic carbocycles. The number of carbonyl (C=O) groups is 1. The lowest BCUT2D eigenvalue weighted by Gasteiger charge is -2.26. The van der Waals surface area contributed by atoms with E-state index in [1.807, 2.05) is 13.8 Å². The lowest BCUT2D eigenvalue weighted by molar-refractivity contribution is -0.121. The van der Waals surface area contributed by atoms with E-state index in [-0.39, 0.29) is 48.6 Å². The van der Waals surface area contributed by atoms with Crippen molar-refractivity contribution in [2.24, 2.45) is 5.73 Å². The second-order valence-corrected chi connectivity index (χ2v) is 6.95. The Morgan fingerprint density at radius 1 is 1.29 bits per heavy atom. The third-order valence-electron chi connectivity index (χ3n) is 3.63. The first-order chi connectivity index (χ1) is 10.3. The lowest BCUT2D eigenvalue weighted by atomic mass is 9.94. The Kier molecular flexibility index (Phi) is 12.2. The van der Waals surface area contributed by atoms with E-state index in [4.69, 9.17) is 5.73 Å². The van der Waals surface area contributed by atoms with E-state index >= 15 is 0 Å². The number of amides is 1. The second kappa shape index (κ2) is 11.6. The highest BCUT2D eigenvalue weighted by molar-refractivity contribution is 7.89. The van der Waals surface area contributed by atoms with Crippen LogP contribution in [0.5, 0.6) is 0 Å². The molecule has 1 heterocycles. The molecule has 0 radical (unpaired) electrons. The van der Waals surface area contributed by atoms with Gasteiger partial charge in [-0.05, 0) is 25.0 Å². The molecule has 0 fully saturated rings. The third kappa shape index (κ3) is 8.25. The zero-order chi connectivity index (χ0) is 16.6. The number of sulfonamides is 1. The summed E-state index contributed by atoms with van der Waals surface area (Å²) in [6.45, 7) is 4.35. The number of rotatable bonds is 9. The van der Waals surface area contributed by atoms with Gasteiger partial charge < -0.3 is 11.1 Å². The fourth-order valence-electron chi connectivity index (χ4n) is 1.75. The first kappa shape index (κ1) is 25.3. The number of nitrogens with two attached hydrogens (primary N) is 1. The molecule has 0 aliphatic rings. The van der Waals surface area contributed by atoms with E-state index in [0.717, 1.165) is 12.8 Å². The van der Waals surface area contributed by atoms with E-state index in [2.05, 4.69) is 15.0 Å². The summed E-state index contributed by atoms with van der Waals surface area (Å²) in [7, 11) is -3.63. The van der Waals surface area contributed by atoms with Crippen molar-refractivity contribution in [3.63, 3.8) is 0 Å². The van der Waals surface area contributed by atoms with Crippen LogP contribution in [-0.2, 0) is 14.8 Å². The van der Waals surface area contributed by atoms with Gasteiger partial charge in [0.05, 0.1) is 0 Å². The van der Waals surface area contributed by atoms with Crippen LogP contribution in [0.2, 0.25) is 0 Å². The van der Waals surface area contributed by atoms with E-state index in [1.54, 1.807) is 0 Å². The largest absolute Gasteiger partial charge is 0.354 e. The summed E-state index contributed by atoms with van der Waals surface area (Å²) in [5.41, 5.74) is 5.67. The van der Waals surface area contributed by atoms with Crippen molar-refractivity contribution in [2.75, 3.05) is 13.1 Å². The van der Waals surface area contributed by atoms with Gasteiger partial charge in [0.15, 0.2) is 0 Å². The molecule has 1 aromatic rings. The predicted molar refractivity (Wildman–Crippen MR) is 99.0 cm³/mol. The van der Waals surface area contributed by atoms with Gasteiger partial charge in [-0.15, -0.1) is 24.8 Å². The summed E-state index contributed by atoms with van der Waals surface area (Å²) >= 11 is 0. The molecule has 0 spiro atoms. The van der Waals surface area contributed by atoms with Crippen LogP contribution in [0.3, 0.4) is 0 Å². The van der Waals surface area contributed by atoms with Gasteiger partial charge in [0.1, 0.15) is 4.90 Å². The Labute approximate surface area is 156 Å². The van der Waals surface area contributed by atoms with Gasteiger partial charge in [-0.1, -0.05) is 13.8 Å². The van der Waals surface area contributed by atoms with Crippen LogP contribution in [0.15, 0.2) is 29.4 Å². The highest BCUT2D eigenvalue weighted by atomic mass is 35.5. The van der Waals surface area contributed by atoms with Gasteiger partial charge in [0.25, 0.3) is 0 Å². The summed E-state index contributed by atoms with van der Waals surface area (Å²) in [6, 6.07) is 2.98. The quantitative estimate of drug-likeness (QED) is 0.576. The molecule has 0 aromatic carbocycles. The van der Waals surface area contributed by atoms with Crippen LogP contribution < -0.4 is 15.8 Å². The molecule has 10 heteroatoms. The molecule has 0 saturated heterocycles. The van der Waals surface area contributed by atoms with Crippen molar-refractivity contribution in [3.8, 4) is 0 Å².